The van der Waals surface area contributed by atoms with Crippen molar-refractivity contribution in [3.63, 3.8) is 0 Å². The molecule has 4 rings (SSSR count). The van der Waals surface area contributed by atoms with Crippen LogP contribution in [0.15, 0.2) is 36.9 Å². The Morgan fingerprint density at radius 2 is 2.07 bits per heavy atom. The van der Waals surface area contributed by atoms with Gasteiger partial charge >= 0.3 is 6.09 Å². The molecule has 0 saturated heterocycles. The Kier molecular flexibility index (Phi) is 4.68. The first-order valence-corrected chi connectivity index (χ1v) is 10.5. The van der Waals surface area contributed by atoms with Crippen LogP contribution in [-0.4, -0.2) is 33.0 Å². The predicted molar refractivity (Wildman–Crippen MR) is 113 cm³/mol. The van der Waals surface area contributed by atoms with Gasteiger partial charge in [-0.05, 0) is 44.0 Å². The highest BCUT2D eigenvalue weighted by Gasteiger charge is 2.37. The molecule has 1 aliphatic rings. The molecule has 144 valence electrons. The molecule has 0 radical (unpaired) electrons. The van der Waals surface area contributed by atoms with Gasteiger partial charge in [-0.2, -0.15) is 0 Å². The fourth-order valence-corrected chi connectivity index (χ4v) is 6.13. The number of thiophene rings is 1. The molecule has 8 heteroatoms. The number of carbonyl (C=O) groups is 2. The SMILES string of the molecule is C=CC(=O)Nc1sc2c(c1-c1nc3ccccc3s1)CC(C)N(C(=O)O)C2C. The van der Waals surface area contributed by atoms with Crippen LogP contribution in [0.2, 0.25) is 0 Å². The standard InChI is InChI=1S/C20H19N3O3S2/c1-4-15(24)22-19-16(18-21-13-7-5-6-8-14(13)27-18)12-9-10(2)23(20(25)26)11(3)17(12)28-19/h4-8,10-11H,1,9H2,2-3H3,(H,22,24)(H,25,26). The number of nitrogens with one attached hydrogen (secondary N) is 1. The van der Waals surface area contributed by atoms with Crippen LogP contribution in [0.5, 0.6) is 0 Å². The Morgan fingerprint density at radius 1 is 1.32 bits per heavy atom. The molecule has 1 aromatic carbocycles. The molecule has 0 saturated carbocycles. The summed E-state index contributed by atoms with van der Waals surface area (Å²) in [7, 11) is 0. The van der Waals surface area contributed by atoms with Gasteiger partial charge in [0.25, 0.3) is 0 Å². The zero-order chi connectivity index (χ0) is 20.0. The average molecular weight is 414 g/mol. The van der Waals surface area contributed by atoms with Crippen molar-refractivity contribution in [1.29, 1.82) is 0 Å². The Hall–Kier alpha value is -2.71. The third-order valence-corrected chi connectivity index (χ3v) is 7.33. The number of anilines is 1. The number of rotatable bonds is 3. The first-order valence-electron chi connectivity index (χ1n) is 8.87. The van der Waals surface area contributed by atoms with Gasteiger partial charge in [-0.25, -0.2) is 9.78 Å². The summed E-state index contributed by atoms with van der Waals surface area (Å²) >= 11 is 3.00. The van der Waals surface area contributed by atoms with Crippen molar-refractivity contribution in [2.75, 3.05) is 5.32 Å². The van der Waals surface area contributed by atoms with E-state index in [2.05, 4.69) is 11.9 Å². The fourth-order valence-electron chi connectivity index (χ4n) is 3.74. The quantitative estimate of drug-likeness (QED) is 0.583. The van der Waals surface area contributed by atoms with E-state index in [1.807, 2.05) is 38.1 Å². The van der Waals surface area contributed by atoms with Crippen LogP contribution in [0.25, 0.3) is 20.8 Å². The van der Waals surface area contributed by atoms with Crippen molar-refractivity contribution >= 4 is 49.9 Å². The Balaban J connectivity index is 1.91. The summed E-state index contributed by atoms with van der Waals surface area (Å²) in [5.74, 6) is -0.295. The van der Waals surface area contributed by atoms with Gasteiger partial charge in [-0.1, -0.05) is 18.7 Å². The van der Waals surface area contributed by atoms with E-state index in [0.717, 1.165) is 31.2 Å². The lowest BCUT2D eigenvalue weighted by Gasteiger charge is -2.36. The van der Waals surface area contributed by atoms with Crippen molar-refractivity contribution < 1.29 is 14.7 Å². The van der Waals surface area contributed by atoms with Gasteiger partial charge in [-0.15, -0.1) is 22.7 Å². The third kappa shape index (κ3) is 2.98. The van der Waals surface area contributed by atoms with Crippen molar-refractivity contribution in [3.05, 3.63) is 47.4 Å². The zero-order valence-electron chi connectivity index (χ0n) is 15.4. The highest BCUT2D eigenvalue weighted by molar-refractivity contribution is 7.23. The molecule has 6 nitrogen and oxygen atoms in total. The maximum atomic E-state index is 12.0. The highest BCUT2D eigenvalue weighted by Crippen LogP contribution is 2.49. The summed E-state index contributed by atoms with van der Waals surface area (Å²) in [6, 6.07) is 7.46. The number of fused-ring (bicyclic) bond motifs is 2. The second kappa shape index (κ2) is 7.03. The smallest absolute Gasteiger partial charge is 0.408 e. The van der Waals surface area contributed by atoms with E-state index in [9.17, 15) is 14.7 Å². The third-order valence-electron chi connectivity index (χ3n) is 4.96. The summed E-state index contributed by atoms with van der Waals surface area (Å²) in [5, 5.41) is 14.0. The topological polar surface area (TPSA) is 82.5 Å². The van der Waals surface area contributed by atoms with Gasteiger partial charge in [-0.3, -0.25) is 9.69 Å². The van der Waals surface area contributed by atoms with Crippen LogP contribution in [0, 0.1) is 0 Å². The van der Waals surface area contributed by atoms with Crippen LogP contribution < -0.4 is 5.32 Å². The minimum atomic E-state index is -0.933. The average Bonchev–Trinajstić information content (AvgIpc) is 3.22. The lowest BCUT2D eigenvalue weighted by atomic mass is 9.93. The summed E-state index contributed by atoms with van der Waals surface area (Å²) in [4.78, 5) is 31.0. The normalized spacial score (nSPS) is 18.7. The molecule has 0 bridgehead atoms. The van der Waals surface area contributed by atoms with Gasteiger partial charge in [0.2, 0.25) is 5.91 Å². The summed E-state index contributed by atoms with van der Waals surface area (Å²) in [6.07, 6.45) is 0.881. The van der Waals surface area contributed by atoms with Crippen molar-refractivity contribution in [3.8, 4) is 10.6 Å². The maximum Gasteiger partial charge on any atom is 0.408 e. The number of para-hydroxylation sites is 1. The lowest BCUT2D eigenvalue weighted by Crippen LogP contribution is -2.43. The first-order chi connectivity index (χ1) is 13.4. The molecule has 0 fully saturated rings. The molecule has 2 unspecified atom stereocenters. The molecule has 2 aromatic heterocycles. The van der Waals surface area contributed by atoms with Gasteiger partial charge in [0.15, 0.2) is 0 Å². The molecule has 0 spiro atoms. The number of nitrogens with zero attached hydrogens (tertiary/aromatic N) is 2. The van der Waals surface area contributed by atoms with Crippen LogP contribution in [0.4, 0.5) is 9.80 Å². The van der Waals surface area contributed by atoms with Gasteiger partial charge in [0.05, 0.1) is 16.3 Å². The zero-order valence-corrected chi connectivity index (χ0v) is 17.1. The van der Waals surface area contributed by atoms with E-state index in [4.69, 9.17) is 4.98 Å². The molecule has 2 atom stereocenters. The fraction of sp³-hybridized carbons (Fsp3) is 0.250. The molecular formula is C20H19N3O3S2. The number of aromatic nitrogens is 1. The first kappa shape index (κ1) is 18.6. The van der Waals surface area contributed by atoms with Gasteiger partial charge in [0.1, 0.15) is 10.0 Å². The molecule has 2 amide bonds. The van der Waals surface area contributed by atoms with Gasteiger partial charge < -0.3 is 10.4 Å². The minimum absolute atomic E-state index is 0.161. The molecule has 28 heavy (non-hydrogen) atoms. The van der Waals surface area contributed by atoms with Crippen LogP contribution in [0.1, 0.15) is 30.3 Å². The summed E-state index contributed by atoms with van der Waals surface area (Å²) in [6.45, 7) is 7.33. The molecule has 3 heterocycles. The number of amides is 2. The number of benzene rings is 1. The van der Waals surface area contributed by atoms with Crippen molar-refractivity contribution in [2.45, 2.75) is 32.4 Å². The highest BCUT2D eigenvalue weighted by atomic mass is 32.1. The van der Waals surface area contributed by atoms with Crippen molar-refractivity contribution in [1.82, 2.24) is 9.88 Å². The maximum absolute atomic E-state index is 12.0. The minimum Gasteiger partial charge on any atom is -0.465 e. The summed E-state index contributed by atoms with van der Waals surface area (Å²) < 4.78 is 1.07. The molecule has 0 aliphatic carbocycles. The Labute approximate surface area is 170 Å². The van der Waals surface area contributed by atoms with E-state index < -0.39 is 6.09 Å². The molecule has 3 aromatic rings. The second-order valence-corrected chi connectivity index (χ2v) is 8.83. The predicted octanol–water partition coefficient (Wildman–Crippen LogP) is 5.13. The Morgan fingerprint density at radius 3 is 2.75 bits per heavy atom. The lowest BCUT2D eigenvalue weighted by molar-refractivity contribution is -0.111. The second-order valence-electron chi connectivity index (χ2n) is 6.75. The number of hydrogen-bond donors (Lipinski definition) is 2. The van der Waals surface area contributed by atoms with Crippen LogP contribution >= 0.6 is 22.7 Å². The van der Waals surface area contributed by atoms with Crippen molar-refractivity contribution in [2.24, 2.45) is 0 Å². The number of hydrogen-bond acceptors (Lipinski definition) is 5. The van der Waals surface area contributed by atoms with Gasteiger partial charge in [0, 0.05) is 16.5 Å². The van der Waals surface area contributed by atoms with Crippen LogP contribution in [0.3, 0.4) is 0 Å². The number of carboxylic acid groups (broad SMARTS) is 1. The summed E-state index contributed by atoms with van der Waals surface area (Å²) in [5.41, 5.74) is 2.88. The Bertz CT molecular complexity index is 1070. The largest absolute Gasteiger partial charge is 0.465 e. The number of carbonyl (C=O) groups excluding carboxylic acids is 1. The van der Waals surface area contributed by atoms with Crippen LogP contribution in [-0.2, 0) is 11.2 Å². The van der Waals surface area contributed by atoms with E-state index in [1.165, 1.54) is 22.3 Å². The van der Waals surface area contributed by atoms with E-state index >= 15 is 0 Å². The van der Waals surface area contributed by atoms with E-state index in [1.54, 1.807) is 11.3 Å². The molecular weight excluding hydrogens is 394 g/mol. The number of thiazole rings is 1. The van der Waals surface area contributed by atoms with E-state index in [-0.39, 0.29) is 18.0 Å². The van der Waals surface area contributed by atoms with E-state index in [0.29, 0.717) is 11.4 Å². The molecule has 2 N–H and O–H groups in total. The monoisotopic (exact) mass is 413 g/mol. The molecule has 1 aliphatic heterocycles.